The molecule has 0 saturated heterocycles. The van der Waals surface area contributed by atoms with E-state index in [-0.39, 0.29) is 31.3 Å². The minimum Gasteiger partial charge on any atom is -0.481 e. The van der Waals surface area contributed by atoms with Gasteiger partial charge in [-0.3, -0.25) is 9.59 Å². The molecule has 1 aliphatic carbocycles. The SMILES string of the molecule is CC[C@H](CC(=O)O)NC(=O)CC(NC(=O)OCC1c2ccccc2-c2ccccc21)C(C)(C)C. The molecule has 0 bridgehead atoms. The number of carboxylic acid groups (broad SMARTS) is 1. The van der Waals surface area contributed by atoms with Crippen LogP contribution in [0.2, 0.25) is 0 Å². The van der Waals surface area contributed by atoms with E-state index < -0.39 is 29.6 Å². The van der Waals surface area contributed by atoms with Gasteiger partial charge in [-0.1, -0.05) is 76.2 Å². The second kappa shape index (κ2) is 10.7. The highest BCUT2D eigenvalue weighted by Gasteiger charge is 2.32. The van der Waals surface area contributed by atoms with Crippen LogP contribution in [-0.4, -0.2) is 41.8 Å². The van der Waals surface area contributed by atoms with Crippen LogP contribution in [0.1, 0.15) is 64.0 Å². The second-order valence-electron chi connectivity index (χ2n) is 9.86. The van der Waals surface area contributed by atoms with Gasteiger partial charge in [0.25, 0.3) is 0 Å². The number of benzene rings is 2. The number of fused-ring (bicyclic) bond motifs is 3. The zero-order chi connectivity index (χ0) is 24.9. The Kier molecular flexibility index (Phi) is 7.97. The third kappa shape index (κ3) is 6.16. The van der Waals surface area contributed by atoms with Crippen LogP contribution in [0.15, 0.2) is 48.5 Å². The van der Waals surface area contributed by atoms with Crippen molar-refractivity contribution in [2.45, 2.75) is 65.0 Å². The molecule has 2 aromatic rings. The summed E-state index contributed by atoms with van der Waals surface area (Å²) in [5.41, 5.74) is 4.17. The van der Waals surface area contributed by atoms with Crippen molar-refractivity contribution in [2.75, 3.05) is 6.61 Å². The summed E-state index contributed by atoms with van der Waals surface area (Å²) in [5.74, 6) is -1.31. The zero-order valence-electron chi connectivity index (χ0n) is 20.3. The number of carbonyl (C=O) groups is 3. The lowest BCUT2D eigenvalue weighted by Gasteiger charge is -2.31. The van der Waals surface area contributed by atoms with Crippen LogP contribution in [0.5, 0.6) is 0 Å². The van der Waals surface area contributed by atoms with Gasteiger partial charge in [0.2, 0.25) is 5.91 Å². The molecule has 2 atom stereocenters. The number of rotatable bonds is 9. The van der Waals surface area contributed by atoms with Gasteiger partial charge < -0.3 is 20.5 Å². The van der Waals surface area contributed by atoms with Crippen molar-refractivity contribution in [1.29, 1.82) is 0 Å². The lowest BCUT2D eigenvalue weighted by molar-refractivity contribution is -0.137. The van der Waals surface area contributed by atoms with Crippen molar-refractivity contribution in [1.82, 2.24) is 10.6 Å². The van der Waals surface area contributed by atoms with E-state index in [1.165, 1.54) is 0 Å². The average molecular weight is 467 g/mol. The molecule has 0 saturated carbocycles. The van der Waals surface area contributed by atoms with Gasteiger partial charge >= 0.3 is 12.1 Å². The first-order valence-corrected chi connectivity index (χ1v) is 11.7. The first-order valence-electron chi connectivity index (χ1n) is 11.7. The number of ether oxygens (including phenoxy) is 1. The third-order valence-corrected chi connectivity index (χ3v) is 6.35. The van der Waals surface area contributed by atoms with Gasteiger partial charge in [0.05, 0.1) is 6.42 Å². The summed E-state index contributed by atoms with van der Waals surface area (Å²) in [7, 11) is 0. The Labute approximate surface area is 200 Å². The third-order valence-electron chi connectivity index (χ3n) is 6.35. The highest BCUT2D eigenvalue weighted by atomic mass is 16.5. The monoisotopic (exact) mass is 466 g/mol. The van der Waals surface area contributed by atoms with Gasteiger partial charge in [-0.2, -0.15) is 0 Å². The summed E-state index contributed by atoms with van der Waals surface area (Å²) in [5, 5.41) is 14.6. The van der Waals surface area contributed by atoms with Crippen LogP contribution in [0.25, 0.3) is 11.1 Å². The van der Waals surface area contributed by atoms with E-state index in [0.29, 0.717) is 6.42 Å². The molecule has 182 valence electrons. The van der Waals surface area contributed by atoms with Crippen LogP contribution >= 0.6 is 0 Å². The maximum atomic E-state index is 12.7. The van der Waals surface area contributed by atoms with Crippen molar-refractivity contribution in [3.8, 4) is 11.1 Å². The Morgan fingerprint density at radius 3 is 2.00 bits per heavy atom. The smallest absolute Gasteiger partial charge is 0.407 e. The molecule has 1 aliphatic rings. The van der Waals surface area contributed by atoms with Crippen molar-refractivity contribution < 1.29 is 24.2 Å². The Morgan fingerprint density at radius 2 is 1.50 bits per heavy atom. The number of nitrogens with one attached hydrogen (secondary N) is 2. The van der Waals surface area contributed by atoms with Crippen LogP contribution < -0.4 is 10.6 Å². The topological polar surface area (TPSA) is 105 Å². The Balaban J connectivity index is 1.63. The molecule has 34 heavy (non-hydrogen) atoms. The predicted octanol–water partition coefficient (Wildman–Crippen LogP) is 4.70. The Morgan fingerprint density at radius 1 is 0.941 bits per heavy atom. The number of hydrogen-bond donors (Lipinski definition) is 3. The Hall–Kier alpha value is -3.35. The average Bonchev–Trinajstić information content (AvgIpc) is 3.09. The molecule has 2 amide bonds. The van der Waals surface area contributed by atoms with Gasteiger partial charge in [-0.15, -0.1) is 0 Å². The molecule has 0 radical (unpaired) electrons. The molecule has 3 N–H and O–H groups in total. The van der Waals surface area contributed by atoms with E-state index >= 15 is 0 Å². The molecule has 3 rings (SSSR count). The maximum absolute atomic E-state index is 12.7. The van der Waals surface area contributed by atoms with E-state index in [2.05, 4.69) is 34.9 Å². The molecule has 0 spiro atoms. The van der Waals surface area contributed by atoms with E-state index in [1.54, 1.807) is 0 Å². The predicted molar refractivity (Wildman–Crippen MR) is 131 cm³/mol. The summed E-state index contributed by atoms with van der Waals surface area (Å²) >= 11 is 0. The van der Waals surface area contributed by atoms with Crippen molar-refractivity contribution in [2.24, 2.45) is 5.41 Å². The number of carbonyl (C=O) groups excluding carboxylic acids is 2. The van der Waals surface area contributed by atoms with Gasteiger partial charge in [0, 0.05) is 24.4 Å². The highest BCUT2D eigenvalue weighted by molar-refractivity contribution is 5.80. The second-order valence-corrected chi connectivity index (χ2v) is 9.86. The molecule has 2 aromatic carbocycles. The summed E-state index contributed by atoms with van der Waals surface area (Å²) in [4.78, 5) is 36.3. The van der Waals surface area contributed by atoms with Crippen LogP contribution in [-0.2, 0) is 14.3 Å². The van der Waals surface area contributed by atoms with E-state index in [0.717, 1.165) is 22.3 Å². The quantitative estimate of drug-likeness (QED) is 0.497. The molecule has 0 heterocycles. The first kappa shape index (κ1) is 25.3. The number of carboxylic acids is 1. The summed E-state index contributed by atoms with van der Waals surface area (Å²) < 4.78 is 5.64. The largest absolute Gasteiger partial charge is 0.481 e. The molecule has 0 aliphatic heterocycles. The molecular formula is C27H34N2O5. The molecule has 7 nitrogen and oxygen atoms in total. The fraction of sp³-hybridized carbons (Fsp3) is 0.444. The van der Waals surface area contributed by atoms with Gasteiger partial charge in [0.15, 0.2) is 0 Å². The van der Waals surface area contributed by atoms with Gasteiger partial charge in [-0.25, -0.2) is 4.79 Å². The summed E-state index contributed by atoms with van der Waals surface area (Å²) in [6, 6.07) is 15.3. The summed E-state index contributed by atoms with van der Waals surface area (Å²) in [6.07, 6.45) is -0.170. The fourth-order valence-corrected chi connectivity index (χ4v) is 4.34. The standard InChI is InChI=1S/C27H34N2O5/c1-5-17(14-25(31)32)28-24(30)15-23(27(2,3)4)29-26(33)34-16-22-20-12-8-6-10-18(20)19-11-7-9-13-21(19)22/h6-13,17,22-23H,5,14-16H2,1-4H3,(H,28,30)(H,29,33)(H,31,32)/t17-,23?/m1/s1. The van der Waals surface area contributed by atoms with Gasteiger partial charge in [-0.05, 0) is 34.1 Å². The van der Waals surface area contributed by atoms with E-state index in [4.69, 9.17) is 9.84 Å². The van der Waals surface area contributed by atoms with E-state index in [1.807, 2.05) is 52.0 Å². The van der Waals surface area contributed by atoms with Crippen LogP contribution in [0, 0.1) is 5.41 Å². The lowest BCUT2D eigenvalue weighted by atomic mass is 9.84. The molecule has 1 unspecified atom stereocenters. The van der Waals surface area contributed by atoms with E-state index in [9.17, 15) is 14.4 Å². The van der Waals surface area contributed by atoms with Crippen LogP contribution in [0.3, 0.4) is 0 Å². The fourth-order valence-electron chi connectivity index (χ4n) is 4.34. The van der Waals surface area contributed by atoms with Crippen LogP contribution in [0.4, 0.5) is 4.79 Å². The first-order chi connectivity index (χ1) is 16.1. The number of aliphatic carboxylic acids is 1. The molecular weight excluding hydrogens is 432 g/mol. The van der Waals surface area contributed by atoms with Crippen molar-refractivity contribution in [3.05, 3.63) is 59.7 Å². The number of alkyl carbamates (subject to hydrolysis) is 1. The molecule has 0 aromatic heterocycles. The summed E-state index contributed by atoms with van der Waals surface area (Å²) in [6.45, 7) is 7.82. The van der Waals surface area contributed by atoms with Crippen molar-refractivity contribution >= 4 is 18.0 Å². The Bertz CT molecular complexity index is 998. The van der Waals surface area contributed by atoms with Gasteiger partial charge in [0.1, 0.15) is 6.61 Å². The minimum absolute atomic E-state index is 0.0316. The lowest BCUT2D eigenvalue weighted by Crippen LogP contribution is -2.48. The minimum atomic E-state index is -0.962. The number of hydrogen-bond acceptors (Lipinski definition) is 4. The molecule has 7 heteroatoms. The normalized spacial score (nSPS) is 14.5. The zero-order valence-corrected chi connectivity index (χ0v) is 20.3. The number of amides is 2. The maximum Gasteiger partial charge on any atom is 0.407 e. The van der Waals surface area contributed by atoms with Crippen molar-refractivity contribution in [3.63, 3.8) is 0 Å². The highest BCUT2D eigenvalue weighted by Crippen LogP contribution is 2.44. The molecule has 0 fully saturated rings.